The van der Waals surface area contributed by atoms with Gasteiger partial charge in [-0.15, -0.1) is 0 Å². The van der Waals surface area contributed by atoms with Crippen LogP contribution in [0, 0.1) is 11.3 Å². The molecule has 1 aromatic heterocycles. The van der Waals surface area contributed by atoms with Crippen molar-refractivity contribution in [3.8, 4) is 6.07 Å². The van der Waals surface area contributed by atoms with Crippen LogP contribution in [0.1, 0.15) is 5.56 Å². The number of H-pyrrole nitrogens is 2. The molecule has 1 aliphatic heterocycles. The molecule has 1 fully saturated rings. The van der Waals surface area contributed by atoms with Crippen LogP contribution in [0.5, 0.6) is 0 Å². The minimum atomic E-state index is -0.659. The first-order valence-electron chi connectivity index (χ1n) is 4.82. The first-order valence-corrected chi connectivity index (χ1v) is 4.82. The molecule has 7 heteroatoms. The largest absolute Gasteiger partial charge is 0.378 e. The fraction of sp³-hybridized carbons (Fsp3) is 0.444. The van der Waals surface area contributed by atoms with E-state index in [0.717, 1.165) is 0 Å². The van der Waals surface area contributed by atoms with E-state index in [4.69, 9.17) is 10.00 Å². The van der Waals surface area contributed by atoms with Gasteiger partial charge in [-0.2, -0.15) is 5.26 Å². The van der Waals surface area contributed by atoms with E-state index in [1.807, 2.05) is 4.98 Å². The summed E-state index contributed by atoms with van der Waals surface area (Å²) in [5.41, 5.74) is -1.33. The van der Waals surface area contributed by atoms with Crippen molar-refractivity contribution in [1.82, 2.24) is 9.97 Å². The number of aromatic amines is 2. The van der Waals surface area contributed by atoms with E-state index in [1.54, 1.807) is 11.0 Å². The highest BCUT2D eigenvalue weighted by molar-refractivity contribution is 5.52. The summed E-state index contributed by atoms with van der Waals surface area (Å²) >= 11 is 0. The molecule has 84 valence electrons. The third-order valence-electron chi connectivity index (χ3n) is 2.36. The zero-order chi connectivity index (χ0) is 11.5. The topological polar surface area (TPSA) is 102 Å². The number of rotatable bonds is 1. The maximum Gasteiger partial charge on any atom is 0.327 e. The molecule has 2 N–H and O–H groups in total. The van der Waals surface area contributed by atoms with E-state index in [9.17, 15) is 9.59 Å². The molecule has 0 atom stereocenters. The van der Waals surface area contributed by atoms with Crippen molar-refractivity contribution in [2.45, 2.75) is 0 Å². The third-order valence-corrected chi connectivity index (χ3v) is 2.36. The number of nitrogens with zero attached hydrogens (tertiary/aromatic N) is 2. The molecule has 0 bridgehead atoms. The van der Waals surface area contributed by atoms with Gasteiger partial charge in [-0.1, -0.05) is 0 Å². The second-order valence-electron chi connectivity index (χ2n) is 3.34. The number of morpholine rings is 1. The molecule has 1 aliphatic rings. The zero-order valence-electron chi connectivity index (χ0n) is 8.45. The Labute approximate surface area is 90.3 Å². The van der Waals surface area contributed by atoms with Gasteiger partial charge >= 0.3 is 5.69 Å². The summed E-state index contributed by atoms with van der Waals surface area (Å²) in [6.07, 6.45) is 0. The van der Waals surface area contributed by atoms with Gasteiger partial charge < -0.3 is 9.64 Å². The Morgan fingerprint density at radius 3 is 2.56 bits per heavy atom. The molecule has 0 unspecified atom stereocenters. The average molecular weight is 222 g/mol. The Bertz CT molecular complexity index is 533. The summed E-state index contributed by atoms with van der Waals surface area (Å²) in [5, 5.41) is 8.87. The molecule has 0 aliphatic carbocycles. The summed E-state index contributed by atoms with van der Waals surface area (Å²) in [5.74, 6) is 0.277. The van der Waals surface area contributed by atoms with Gasteiger partial charge in [-0.25, -0.2) is 4.79 Å². The van der Waals surface area contributed by atoms with Gasteiger partial charge in [-0.3, -0.25) is 14.8 Å². The Morgan fingerprint density at radius 2 is 1.94 bits per heavy atom. The molecule has 0 radical (unpaired) electrons. The SMILES string of the molecule is N#Cc1c(N2CCOCC2)[nH]c(=O)[nH]c1=O. The summed E-state index contributed by atoms with van der Waals surface area (Å²) in [4.78, 5) is 28.8. The van der Waals surface area contributed by atoms with Crippen LogP contribution in [0.15, 0.2) is 9.59 Å². The molecular weight excluding hydrogens is 212 g/mol. The lowest BCUT2D eigenvalue weighted by molar-refractivity contribution is 0.122. The van der Waals surface area contributed by atoms with E-state index >= 15 is 0 Å². The molecule has 1 aromatic rings. The number of nitrogens with one attached hydrogen (secondary N) is 2. The highest BCUT2D eigenvalue weighted by Crippen LogP contribution is 2.12. The van der Waals surface area contributed by atoms with Crippen LogP contribution in [0.4, 0.5) is 5.82 Å². The number of nitriles is 1. The highest BCUT2D eigenvalue weighted by Gasteiger charge is 2.18. The molecule has 0 saturated carbocycles. The number of hydrogen-bond acceptors (Lipinski definition) is 5. The number of aromatic nitrogens is 2. The molecule has 2 heterocycles. The maximum atomic E-state index is 11.4. The minimum absolute atomic E-state index is 0.0681. The molecule has 16 heavy (non-hydrogen) atoms. The van der Waals surface area contributed by atoms with Crippen molar-refractivity contribution < 1.29 is 4.74 Å². The second-order valence-corrected chi connectivity index (χ2v) is 3.34. The number of anilines is 1. The maximum absolute atomic E-state index is 11.4. The minimum Gasteiger partial charge on any atom is -0.378 e. The van der Waals surface area contributed by atoms with Crippen LogP contribution in [-0.4, -0.2) is 36.3 Å². The molecule has 2 rings (SSSR count). The first-order chi connectivity index (χ1) is 7.72. The Balaban J connectivity index is 2.50. The fourth-order valence-electron chi connectivity index (χ4n) is 1.60. The third kappa shape index (κ3) is 1.83. The van der Waals surface area contributed by atoms with Crippen LogP contribution in [0.2, 0.25) is 0 Å². The monoisotopic (exact) mass is 222 g/mol. The van der Waals surface area contributed by atoms with Crippen molar-refractivity contribution in [1.29, 1.82) is 5.26 Å². The van der Waals surface area contributed by atoms with Gasteiger partial charge in [0.05, 0.1) is 13.2 Å². The van der Waals surface area contributed by atoms with Crippen molar-refractivity contribution in [2.75, 3.05) is 31.2 Å². The van der Waals surface area contributed by atoms with E-state index in [0.29, 0.717) is 26.3 Å². The molecule has 1 saturated heterocycles. The van der Waals surface area contributed by atoms with Crippen LogP contribution in [-0.2, 0) is 4.74 Å². The van der Waals surface area contributed by atoms with Crippen LogP contribution < -0.4 is 16.1 Å². The van der Waals surface area contributed by atoms with Gasteiger partial charge in [0, 0.05) is 13.1 Å². The highest BCUT2D eigenvalue weighted by atomic mass is 16.5. The van der Waals surface area contributed by atoms with Crippen LogP contribution in [0.3, 0.4) is 0 Å². The number of hydrogen-bond donors (Lipinski definition) is 2. The van der Waals surface area contributed by atoms with Gasteiger partial charge in [0.2, 0.25) is 0 Å². The molecule has 0 aromatic carbocycles. The van der Waals surface area contributed by atoms with Crippen LogP contribution >= 0.6 is 0 Å². The quantitative estimate of drug-likeness (QED) is 0.619. The van der Waals surface area contributed by atoms with E-state index < -0.39 is 11.2 Å². The van der Waals surface area contributed by atoms with Gasteiger partial charge in [0.25, 0.3) is 5.56 Å². The van der Waals surface area contributed by atoms with Gasteiger partial charge in [0.1, 0.15) is 11.9 Å². The summed E-state index contributed by atoms with van der Waals surface area (Å²) in [6.45, 7) is 2.13. The van der Waals surface area contributed by atoms with Gasteiger partial charge in [-0.05, 0) is 0 Å². The Kier molecular flexibility index (Phi) is 2.74. The van der Waals surface area contributed by atoms with Crippen molar-refractivity contribution >= 4 is 5.82 Å². The van der Waals surface area contributed by atoms with Gasteiger partial charge in [0.15, 0.2) is 5.56 Å². The lowest BCUT2D eigenvalue weighted by atomic mass is 10.3. The van der Waals surface area contributed by atoms with E-state index in [2.05, 4.69) is 4.98 Å². The average Bonchev–Trinajstić information content (AvgIpc) is 2.29. The number of ether oxygens (including phenoxy) is 1. The Hall–Kier alpha value is -2.07. The summed E-state index contributed by atoms with van der Waals surface area (Å²) < 4.78 is 5.15. The summed E-state index contributed by atoms with van der Waals surface area (Å²) in [7, 11) is 0. The smallest absolute Gasteiger partial charge is 0.327 e. The van der Waals surface area contributed by atoms with Crippen LogP contribution in [0.25, 0.3) is 0 Å². The van der Waals surface area contributed by atoms with Crippen molar-refractivity contribution in [3.05, 3.63) is 26.4 Å². The summed E-state index contributed by atoms with van der Waals surface area (Å²) in [6, 6.07) is 1.79. The molecule has 7 nitrogen and oxygen atoms in total. The van der Waals surface area contributed by atoms with E-state index in [1.165, 1.54) is 0 Å². The first kappa shape index (κ1) is 10.4. The normalized spacial score (nSPS) is 15.8. The molecule has 0 spiro atoms. The standard InChI is InChI=1S/C9H10N4O3/c10-5-6-7(11-9(15)12-8(6)14)13-1-3-16-4-2-13/h1-4H2,(H2,11,12,14,15). The lowest BCUT2D eigenvalue weighted by Crippen LogP contribution is -2.40. The zero-order valence-corrected chi connectivity index (χ0v) is 8.45. The predicted molar refractivity (Wildman–Crippen MR) is 55.4 cm³/mol. The van der Waals surface area contributed by atoms with E-state index in [-0.39, 0.29) is 11.4 Å². The fourth-order valence-corrected chi connectivity index (χ4v) is 1.60. The lowest BCUT2D eigenvalue weighted by Gasteiger charge is -2.28. The predicted octanol–water partition coefficient (Wildman–Crippen LogP) is -1.23. The second kappa shape index (κ2) is 4.20. The Morgan fingerprint density at radius 1 is 1.25 bits per heavy atom. The van der Waals surface area contributed by atoms with Crippen molar-refractivity contribution in [2.24, 2.45) is 0 Å². The van der Waals surface area contributed by atoms with Crippen molar-refractivity contribution in [3.63, 3.8) is 0 Å². The molecular formula is C9H10N4O3. The molecule has 0 amide bonds.